The van der Waals surface area contributed by atoms with Crippen molar-refractivity contribution >= 4 is 22.2 Å². The number of anilines is 1. The number of aromatic nitrogens is 5. The zero-order valence-corrected chi connectivity index (χ0v) is 15.7. The number of aliphatic hydroxyl groups excluding tert-OH is 1. The first-order valence-corrected chi connectivity index (χ1v) is 9.29. The van der Waals surface area contributed by atoms with Crippen molar-refractivity contribution in [2.24, 2.45) is 0 Å². The van der Waals surface area contributed by atoms with E-state index in [4.69, 9.17) is 9.62 Å². The highest BCUT2D eigenvalue weighted by molar-refractivity contribution is 6.00. The van der Waals surface area contributed by atoms with Gasteiger partial charge in [-0.25, -0.2) is 0 Å². The number of nitrogens with zero attached hydrogens (tertiary/aromatic N) is 5. The van der Waals surface area contributed by atoms with Crippen LogP contribution in [0.3, 0.4) is 0 Å². The van der Waals surface area contributed by atoms with Crippen LogP contribution in [0.15, 0.2) is 59.1 Å². The summed E-state index contributed by atoms with van der Waals surface area (Å²) in [6.07, 6.45) is 0. The number of fused-ring (bicyclic) bond motifs is 3. The lowest BCUT2D eigenvalue weighted by molar-refractivity contribution is 0.311. The van der Waals surface area contributed by atoms with Crippen LogP contribution in [0.5, 0.6) is 0 Å². The van der Waals surface area contributed by atoms with Gasteiger partial charge in [0.05, 0.1) is 12.2 Å². The summed E-state index contributed by atoms with van der Waals surface area (Å²) in [6, 6.07) is 17.6. The van der Waals surface area contributed by atoms with E-state index < -0.39 is 0 Å². The number of benzene rings is 2. The maximum Gasteiger partial charge on any atom is 0.191 e. The fourth-order valence-electron chi connectivity index (χ4n) is 3.47. The summed E-state index contributed by atoms with van der Waals surface area (Å²) >= 11 is 0. The molecule has 8 nitrogen and oxygen atoms in total. The third kappa shape index (κ3) is 2.81. The number of rotatable bonds is 5. The monoisotopic (exact) mass is 386 g/mol. The minimum absolute atomic E-state index is 0.00595. The molecule has 0 saturated heterocycles. The summed E-state index contributed by atoms with van der Waals surface area (Å²) in [6.45, 7) is 2.25. The van der Waals surface area contributed by atoms with Crippen molar-refractivity contribution in [3.05, 3.63) is 60.4 Å². The average Bonchev–Trinajstić information content (AvgIpc) is 3.35. The highest BCUT2D eigenvalue weighted by atomic mass is 16.5. The predicted octanol–water partition coefficient (Wildman–Crippen LogP) is 3.31. The molecule has 3 heterocycles. The van der Waals surface area contributed by atoms with E-state index in [0.717, 1.165) is 21.9 Å². The first-order chi connectivity index (χ1) is 14.3. The Kier molecular flexibility index (Phi) is 4.18. The maximum atomic E-state index is 9.23. The van der Waals surface area contributed by atoms with Crippen molar-refractivity contribution in [3.63, 3.8) is 0 Å². The Balaban J connectivity index is 1.78. The van der Waals surface area contributed by atoms with Crippen LogP contribution in [-0.4, -0.2) is 43.2 Å². The molecule has 0 saturated carbocycles. The molecule has 0 atom stereocenters. The third-order valence-corrected chi connectivity index (χ3v) is 4.80. The summed E-state index contributed by atoms with van der Waals surface area (Å²) in [5.41, 5.74) is 3.01. The standard InChI is InChI=1S/C21H18N6O2/c1-13-17(18(26-29-13)14-7-3-2-4-8-14)21-24-23-20-16-10-6-5-9-15(16)19(22-11-12-28)25-27(20)21/h2-10,28H,11-12H2,1H3,(H,22,25). The average molecular weight is 386 g/mol. The van der Waals surface area contributed by atoms with Crippen molar-refractivity contribution in [2.45, 2.75) is 6.92 Å². The van der Waals surface area contributed by atoms with E-state index in [-0.39, 0.29) is 6.61 Å². The molecule has 0 spiro atoms. The predicted molar refractivity (Wildman–Crippen MR) is 110 cm³/mol. The van der Waals surface area contributed by atoms with Gasteiger partial charge in [-0.3, -0.25) is 0 Å². The van der Waals surface area contributed by atoms with Crippen LogP contribution in [-0.2, 0) is 0 Å². The summed E-state index contributed by atoms with van der Waals surface area (Å²) in [7, 11) is 0. The topological polar surface area (TPSA) is 101 Å². The Morgan fingerprint density at radius 1 is 1.00 bits per heavy atom. The lowest BCUT2D eigenvalue weighted by Gasteiger charge is -2.09. The van der Waals surface area contributed by atoms with Crippen LogP contribution in [0.2, 0.25) is 0 Å². The first-order valence-electron chi connectivity index (χ1n) is 9.29. The van der Waals surface area contributed by atoms with E-state index >= 15 is 0 Å². The summed E-state index contributed by atoms with van der Waals surface area (Å²) in [5, 5.41) is 32.1. The second-order valence-electron chi connectivity index (χ2n) is 6.63. The quantitative estimate of drug-likeness (QED) is 0.478. The molecule has 2 N–H and O–H groups in total. The van der Waals surface area contributed by atoms with Crippen LogP contribution in [0.4, 0.5) is 5.82 Å². The number of nitrogens with one attached hydrogen (secondary N) is 1. The molecule has 0 bridgehead atoms. The summed E-state index contributed by atoms with van der Waals surface area (Å²) in [4.78, 5) is 0. The van der Waals surface area contributed by atoms with Gasteiger partial charge in [0.1, 0.15) is 11.5 Å². The highest BCUT2D eigenvalue weighted by Crippen LogP contribution is 2.34. The van der Waals surface area contributed by atoms with E-state index in [2.05, 4.69) is 20.7 Å². The Hall–Kier alpha value is -3.78. The second kappa shape index (κ2) is 6.99. The molecular formula is C21H18N6O2. The minimum atomic E-state index is 0.00595. The van der Waals surface area contributed by atoms with E-state index in [1.165, 1.54) is 0 Å². The van der Waals surface area contributed by atoms with Gasteiger partial charge in [-0.2, -0.15) is 4.52 Å². The lowest BCUT2D eigenvalue weighted by Crippen LogP contribution is -2.10. The van der Waals surface area contributed by atoms with Crippen LogP contribution >= 0.6 is 0 Å². The Morgan fingerprint density at radius 3 is 2.55 bits per heavy atom. The Labute approximate surface area is 165 Å². The maximum absolute atomic E-state index is 9.23. The zero-order chi connectivity index (χ0) is 19.8. The molecule has 29 heavy (non-hydrogen) atoms. The zero-order valence-electron chi connectivity index (χ0n) is 15.7. The van der Waals surface area contributed by atoms with Crippen LogP contribution in [0.25, 0.3) is 39.1 Å². The van der Waals surface area contributed by atoms with E-state index in [9.17, 15) is 5.11 Å². The number of aliphatic hydroxyl groups is 1. The van der Waals surface area contributed by atoms with Crippen molar-refractivity contribution in [3.8, 4) is 22.6 Å². The molecular weight excluding hydrogens is 368 g/mol. The number of hydrogen-bond acceptors (Lipinski definition) is 7. The number of hydrogen-bond donors (Lipinski definition) is 2. The molecule has 0 amide bonds. The minimum Gasteiger partial charge on any atom is -0.395 e. The molecule has 144 valence electrons. The van der Waals surface area contributed by atoms with Crippen LogP contribution in [0.1, 0.15) is 5.76 Å². The molecule has 5 aromatic rings. The molecule has 0 aliphatic rings. The normalized spacial score (nSPS) is 11.4. The van der Waals surface area contributed by atoms with E-state index in [0.29, 0.717) is 35.3 Å². The van der Waals surface area contributed by atoms with Crippen molar-refractivity contribution in [2.75, 3.05) is 18.5 Å². The van der Waals surface area contributed by atoms with E-state index in [1.54, 1.807) is 4.52 Å². The van der Waals surface area contributed by atoms with Gasteiger partial charge in [0.15, 0.2) is 17.3 Å². The number of aryl methyl sites for hydroxylation is 1. The Morgan fingerprint density at radius 2 is 1.76 bits per heavy atom. The first kappa shape index (κ1) is 17.3. The van der Waals surface area contributed by atoms with Crippen molar-refractivity contribution in [1.82, 2.24) is 25.0 Å². The molecule has 8 heteroatoms. The van der Waals surface area contributed by atoms with Gasteiger partial charge in [0.2, 0.25) is 0 Å². The van der Waals surface area contributed by atoms with E-state index in [1.807, 2.05) is 61.5 Å². The molecule has 0 fully saturated rings. The van der Waals surface area contributed by atoms with Crippen molar-refractivity contribution < 1.29 is 9.63 Å². The largest absolute Gasteiger partial charge is 0.395 e. The molecule has 0 aliphatic carbocycles. The van der Waals surface area contributed by atoms with Gasteiger partial charge >= 0.3 is 0 Å². The van der Waals surface area contributed by atoms with Gasteiger partial charge in [0, 0.05) is 22.9 Å². The van der Waals surface area contributed by atoms with Gasteiger partial charge in [-0.15, -0.1) is 15.3 Å². The molecule has 5 rings (SSSR count). The molecule has 0 aliphatic heterocycles. The molecule has 2 aromatic carbocycles. The lowest BCUT2D eigenvalue weighted by atomic mass is 10.1. The van der Waals surface area contributed by atoms with Gasteiger partial charge < -0.3 is 14.9 Å². The van der Waals surface area contributed by atoms with Gasteiger partial charge in [-0.1, -0.05) is 59.8 Å². The summed E-state index contributed by atoms with van der Waals surface area (Å²) in [5.74, 6) is 1.84. The van der Waals surface area contributed by atoms with Crippen LogP contribution in [0, 0.1) is 6.92 Å². The smallest absolute Gasteiger partial charge is 0.191 e. The van der Waals surface area contributed by atoms with Crippen LogP contribution < -0.4 is 5.32 Å². The van der Waals surface area contributed by atoms with Gasteiger partial charge in [0.25, 0.3) is 0 Å². The third-order valence-electron chi connectivity index (χ3n) is 4.80. The summed E-state index contributed by atoms with van der Waals surface area (Å²) < 4.78 is 7.20. The SMILES string of the molecule is Cc1onc(-c2ccccc2)c1-c1nnc2c3ccccc3c(NCCO)nn12. The molecule has 3 aromatic heterocycles. The van der Waals surface area contributed by atoms with Gasteiger partial charge in [-0.05, 0) is 6.92 Å². The fraction of sp³-hybridized carbons (Fsp3) is 0.143. The fourth-order valence-corrected chi connectivity index (χ4v) is 3.47. The molecule has 0 radical (unpaired) electrons. The second-order valence-corrected chi connectivity index (χ2v) is 6.63. The Bertz CT molecular complexity index is 1310. The highest BCUT2D eigenvalue weighted by Gasteiger charge is 2.23. The molecule has 0 unspecified atom stereocenters. The van der Waals surface area contributed by atoms with Crippen molar-refractivity contribution in [1.29, 1.82) is 0 Å².